The normalized spacial score (nSPS) is 10.8. The largest absolute Gasteiger partial charge is 0.494 e. The summed E-state index contributed by atoms with van der Waals surface area (Å²) >= 11 is 1.33. The zero-order valence-corrected chi connectivity index (χ0v) is 14.0. The maximum Gasteiger partial charge on any atom is 0.260 e. The summed E-state index contributed by atoms with van der Waals surface area (Å²) in [4.78, 5) is 16.5. The fraction of sp³-hybridized carbons (Fsp3) is 0.222. The number of amides is 1. The SMILES string of the molecule is CCCCOc1ccc2nc(NC(=O)c3ccccc3F)sc2c1. The first-order valence-electron chi connectivity index (χ1n) is 7.76. The molecule has 0 unspecified atom stereocenters. The van der Waals surface area contributed by atoms with Gasteiger partial charge in [-0.05, 0) is 36.8 Å². The smallest absolute Gasteiger partial charge is 0.260 e. The van der Waals surface area contributed by atoms with Crippen LogP contribution in [0, 0.1) is 5.82 Å². The standard InChI is InChI=1S/C18H17FN2O2S/c1-2-3-10-23-12-8-9-15-16(11-12)24-18(20-15)21-17(22)13-6-4-5-7-14(13)19/h4-9,11H,2-3,10H2,1H3,(H,20,21,22). The molecule has 0 saturated heterocycles. The average Bonchev–Trinajstić information content (AvgIpc) is 2.97. The molecule has 0 saturated carbocycles. The van der Waals surface area contributed by atoms with Crippen LogP contribution in [-0.2, 0) is 0 Å². The summed E-state index contributed by atoms with van der Waals surface area (Å²) in [7, 11) is 0. The van der Waals surface area contributed by atoms with Crippen molar-refractivity contribution >= 4 is 32.6 Å². The second kappa shape index (κ2) is 7.40. The average molecular weight is 344 g/mol. The summed E-state index contributed by atoms with van der Waals surface area (Å²) in [6.45, 7) is 2.79. The van der Waals surface area contributed by atoms with Crippen LogP contribution in [0.2, 0.25) is 0 Å². The molecule has 2 aromatic carbocycles. The lowest BCUT2D eigenvalue weighted by molar-refractivity contribution is 0.102. The summed E-state index contributed by atoms with van der Waals surface area (Å²) < 4.78 is 20.2. The molecule has 0 aliphatic heterocycles. The number of carbonyl (C=O) groups is 1. The number of nitrogens with one attached hydrogen (secondary N) is 1. The van der Waals surface area contributed by atoms with Gasteiger partial charge in [-0.2, -0.15) is 0 Å². The fourth-order valence-corrected chi connectivity index (χ4v) is 3.08. The van der Waals surface area contributed by atoms with Gasteiger partial charge in [0.2, 0.25) is 0 Å². The monoisotopic (exact) mass is 344 g/mol. The number of ether oxygens (including phenoxy) is 1. The van der Waals surface area contributed by atoms with Crippen molar-refractivity contribution in [2.45, 2.75) is 19.8 Å². The number of nitrogens with zero attached hydrogens (tertiary/aromatic N) is 1. The second-order valence-electron chi connectivity index (χ2n) is 5.28. The molecule has 1 heterocycles. The minimum absolute atomic E-state index is 0.000319. The molecule has 0 radical (unpaired) electrons. The van der Waals surface area contributed by atoms with E-state index in [4.69, 9.17) is 4.74 Å². The van der Waals surface area contributed by atoms with Gasteiger partial charge in [0.05, 0.1) is 22.4 Å². The summed E-state index contributed by atoms with van der Waals surface area (Å²) in [5, 5.41) is 3.08. The Kier molecular flexibility index (Phi) is 5.05. The molecule has 1 amide bonds. The van der Waals surface area contributed by atoms with Crippen LogP contribution in [0.25, 0.3) is 10.2 Å². The molecule has 0 spiro atoms. The lowest BCUT2D eigenvalue weighted by atomic mass is 10.2. The van der Waals surface area contributed by atoms with Crippen LogP contribution in [0.4, 0.5) is 9.52 Å². The highest BCUT2D eigenvalue weighted by Crippen LogP contribution is 2.29. The van der Waals surface area contributed by atoms with Crippen LogP contribution in [0.15, 0.2) is 42.5 Å². The van der Waals surface area contributed by atoms with E-state index in [0.717, 1.165) is 28.8 Å². The number of hydrogen-bond acceptors (Lipinski definition) is 4. The Balaban J connectivity index is 1.76. The van der Waals surface area contributed by atoms with Crippen LogP contribution in [0.1, 0.15) is 30.1 Å². The lowest BCUT2D eigenvalue weighted by Crippen LogP contribution is -2.13. The Morgan fingerprint density at radius 2 is 2.12 bits per heavy atom. The first-order valence-corrected chi connectivity index (χ1v) is 8.58. The molecule has 24 heavy (non-hydrogen) atoms. The van der Waals surface area contributed by atoms with Gasteiger partial charge in [-0.15, -0.1) is 0 Å². The Morgan fingerprint density at radius 1 is 1.29 bits per heavy atom. The molecule has 4 nitrogen and oxygen atoms in total. The Bertz CT molecular complexity index is 863. The van der Waals surface area contributed by atoms with E-state index in [1.165, 1.54) is 23.5 Å². The van der Waals surface area contributed by atoms with E-state index in [-0.39, 0.29) is 5.56 Å². The van der Waals surface area contributed by atoms with Gasteiger partial charge in [0.1, 0.15) is 11.6 Å². The highest BCUT2D eigenvalue weighted by molar-refractivity contribution is 7.22. The predicted octanol–water partition coefficient (Wildman–Crippen LogP) is 4.87. The van der Waals surface area contributed by atoms with Gasteiger partial charge in [0.15, 0.2) is 5.13 Å². The van der Waals surface area contributed by atoms with Crippen molar-refractivity contribution in [3.63, 3.8) is 0 Å². The Labute approximate surface area is 143 Å². The molecule has 0 aliphatic carbocycles. The van der Waals surface area contributed by atoms with E-state index in [1.54, 1.807) is 12.1 Å². The van der Waals surface area contributed by atoms with Crippen molar-refractivity contribution in [1.82, 2.24) is 4.98 Å². The van der Waals surface area contributed by atoms with Crippen LogP contribution >= 0.6 is 11.3 Å². The van der Waals surface area contributed by atoms with Crippen molar-refractivity contribution in [3.05, 3.63) is 53.8 Å². The van der Waals surface area contributed by atoms with Gasteiger partial charge in [0, 0.05) is 0 Å². The van der Waals surface area contributed by atoms with Crippen molar-refractivity contribution in [2.75, 3.05) is 11.9 Å². The van der Waals surface area contributed by atoms with Gasteiger partial charge < -0.3 is 4.74 Å². The van der Waals surface area contributed by atoms with Crippen LogP contribution < -0.4 is 10.1 Å². The third kappa shape index (κ3) is 3.71. The zero-order valence-electron chi connectivity index (χ0n) is 13.2. The number of halogens is 1. The summed E-state index contributed by atoms with van der Waals surface area (Å²) in [6.07, 6.45) is 2.08. The van der Waals surface area contributed by atoms with Crippen molar-refractivity contribution in [3.8, 4) is 5.75 Å². The van der Waals surface area contributed by atoms with E-state index in [0.29, 0.717) is 11.7 Å². The third-order valence-electron chi connectivity index (χ3n) is 3.47. The number of anilines is 1. The molecule has 1 aromatic heterocycles. The number of rotatable bonds is 6. The second-order valence-corrected chi connectivity index (χ2v) is 6.32. The number of carbonyl (C=O) groups excluding carboxylic acids is 1. The number of unbranched alkanes of at least 4 members (excludes halogenated alkanes) is 1. The molecule has 124 valence electrons. The first-order chi connectivity index (χ1) is 11.7. The number of fused-ring (bicyclic) bond motifs is 1. The van der Waals surface area contributed by atoms with Crippen molar-refractivity contribution < 1.29 is 13.9 Å². The van der Waals surface area contributed by atoms with Crippen LogP contribution in [-0.4, -0.2) is 17.5 Å². The van der Waals surface area contributed by atoms with Crippen molar-refractivity contribution in [1.29, 1.82) is 0 Å². The summed E-state index contributed by atoms with van der Waals surface area (Å²) in [5.41, 5.74) is 0.770. The Hall–Kier alpha value is -2.47. The van der Waals surface area contributed by atoms with E-state index in [9.17, 15) is 9.18 Å². The maximum absolute atomic E-state index is 13.7. The molecule has 0 aliphatic rings. The van der Waals surface area contributed by atoms with E-state index < -0.39 is 11.7 Å². The quantitative estimate of drug-likeness (QED) is 0.649. The highest BCUT2D eigenvalue weighted by Gasteiger charge is 2.13. The van der Waals surface area contributed by atoms with Crippen molar-refractivity contribution in [2.24, 2.45) is 0 Å². The zero-order chi connectivity index (χ0) is 16.9. The maximum atomic E-state index is 13.7. The summed E-state index contributed by atoms with van der Waals surface area (Å²) in [6, 6.07) is 11.5. The van der Waals surface area contributed by atoms with Gasteiger partial charge >= 0.3 is 0 Å². The number of aromatic nitrogens is 1. The van der Waals surface area contributed by atoms with Crippen LogP contribution in [0.5, 0.6) is 5.75 Å². The molecular weight excluding hydrogens is 327 g/mol. The molecule has 0 bridgehead atoms. The fourth-order valence-electron chi connectivity index (χ4n) is 2.19. The van der Waals surface area contributed by atoms with Gasteiger partial charge in [-0.25, -0.2) is 9.37 Å². The van der Waals surface area contributed by atoms with Gasteiger partial charge in [-0.1, -0.05) is 36.8 Å². The number of benzene rings is 2. The molecule has 1 N–H and O–H groups in total. The topological polar surface area (TPSA) is 51.2 Å². The highest BCUT2D eigenvalue weighted by atomic mass is 32.1. The minimum atomic E-state index is -0.553. The first kappa shape index (κ1) is 16.4. The predicted molar refractivity (Wildman–Crippen MR) is 94.4 cm³/mol. The van der Waals surface area contributed by atoms with Gasteiger partial charge in [0.25, 0.3) is 5.91 Å². The summed E-state index contributed by atoms with van der Waals surface area (Å²) in [5.74, 6) is -0.277. The molecular formula is C18H17FN2O2S. The third-order valence-corrected chi connectivity index (χ3v) is 4.40. The molecule has 6 heteroatoms. The van der Waals surface area contributed by atoms with Gasteiger partial charge in [-0.3, -0.25) is 10.1 Å². The molecule has 3 aromatic rings. The Morgan fingerprint density at radius 3 is 2.92 bits per heavy atom. The van der Waals surface area contributed by atoms with E-state index in [1.807, 2.05) is 18.2 Å². The van der Waals surface area contributed by atoms with Crippen LogP contribution in [0.3, 0.4) is 0 Å². The molecule has 0 atom stereocenters. The van der Waals surface area contributed by atoms with E-state index in [2.05, 4.69) is 17.2 Å². The number of hydrogen-bond donors (Lipinski definition) is 1. The van der Waals surface area contributed by atoms with E-state index >= 15 is 0 Å². The molecule has 3 rings (SSSR count). The number of thiazole rings is 1. The lowest BCUT2D eigenvalue weighted by Gasteiger charge is -2.04. The minimum Gasteiger partial charge on any atom is -0.494 e. The molecule has 0 fully saturated rings.